The van der Waals surface area contributed by atoms with Crippen molar-refractivity contribution in [1.82, 2.24) is 0 Å². The highest BCUT2D eigenvalue weighted by Gasteiger charge is 2.19. The number of carbonyl (C=O) groups is 6. The predicted molar refractivity (Wildman–Crippen MR) is 147 cm³/mol. The lowest BCUT2D eigenvalue weighted by Crippen LogP contribution is -2.18. The van der Waals surface area contributed by atoms with E-state index in [9.17, 15) is 28.8 Å². The molecule has 0 bridgehead atoms. The number of hydrogen-bond acceptors (Lipinski definition) is 10. The summed E-state index contributed by atoms with van der Waals surface area (Å²) in [6.07, 6.45) is 1.78. The molecule has 0 heterocycles. The van der Waals surface area contributed by atoms with E-state index in [0.29, 0.717) is 0 Å². The third-order valence-corrected chi connectivity index (χ3v) is 3.73. The Morgan fingerprint density at radius 3 is 1.03 bits per heavy atom. The molecule has 0 aromatic heterocycles. The van der Waals surface area contributed by atoms with Gasteiger partial charge in [-0.25, -0.2) is 9.59 Å². The monoisotopic (exact) mass is 548 g/mol. The van der Waals surface area contributed by atoms with Crippen molar-refractivity contribution in [3.8, 4) is 11.5 Å². The fourth-order valence-corrected chi connectivity index (χ4v) is 2.22. The molecule has 0 N–H and O–H groups in total. The number of ether oxygens (including phenoxy) is 4. The zero-order chi connectivity index (χ0) is 28.4. The number of carbonyl (C=O) groups excluding carboxylic acids is 6. The Bertz CT molecular complexity index is 969. The van der Waals surface area contributed by atoms with Gasteiger partial charge >= 0.3 is 23.9 Å². The molecule has 2 rings (SSSR count). The van der Waals surface area contributed by atoms with E-state index in [1.54, 1.807) is 0 Å². The van der Waals surface area contributed by atoms with Crippen LogP contribution in [0.25, 0.3) is 0 Å². The minimum atomic E-state index is -1.03. The van der Waals surface area contributed by atoms with Crippen molar-refractivity contribution in [2.45, 2.75) is 61.8 Å². The summed E-state index contributed by atoms with van der Waals surface area (Å²) in [5.74, 6) is -5.53. The number of rotatable bonds is 8. The summed E-state index contributed by atoms with van der Waals surface area (Å²) in [5.41, 5.74) is 0.0837. The van der Waals surface area contributed by atoms with Crippen LogP contribution in [0.4, 0.5) is 0 Å². The quantitative estimate of drug-likeness (QED) is 0.138. The van der Waals surface area contributed by atoms with E-state index in [4.69, 9.17) is 9.47 Å². The van der Waals surface area contributed by atoms with E-state index in [2.05, 4.69) is 37.2 Å². The van der Waals surface area contributed by atoms with Crippen molar-refractivity contribution in [3.05, 3.63) is 59.7 Å². The largest absolute Gasteiger partial charge is 0.463 e. The van der Waals surface area contributed by atoms with Gasteiger partial charge in [-0.15, -0.1) is 0 Å². The number of ketones is 2. The Hall–Kier alpha value is -4.34. The summed E-state index contributed by atoms with van der Waals surface area (Å²) in [4.78, 5) is 69.4. The van der Waals surface area contributed by atoms with E-state index in [0.717, 1.165) is 14.2 Å². The minimum Gasteiger partial charge on any atom is -0.463 e. The third-order valence-electron chi connectivity index (χ3n) is 3.73. The van der Waals surface area contributed by atoms with Crippen LogP contribution in [0, 0.1) is 0 Å². The standard InChI is InChI=1S/C21H16O10.2C3H8.2CH4/c1-28-20(26)18(24)12-3-7-14(8-4-12)30-16(22)11-17(23)31-15-9-5-13(6-10-15)19(25)21(27)29-2;2*1-3-2;;/h3-10H,11H2,1-2H3;2*3H2,1-2H3;2*1H4. The second kappa shape index (κ2) is 21.7. The third kappa shape index (κ3) is 14.9. The smallest absolute Gasteiger partial charge is 0.379 e. The predicted octanol–water partition coefficient (Wildman–Crippen LogP) is 5.40. The van der Waals surface area contributed by atoms with Crippen LogP contribution >= 0.6 is 0 Å². The molecule has 0 atom stereocenters. The van der Waals surface area contributed by atoms with Gasteiger partial charge in [0, 0.05) is 11.1 Å². The Morgan fingerprint density at radius 1 is 0.538 bits per heavy atom. The summed E-state index contributed by atoms with van der Waals surface area (Å²) >= 11 is 0. The Labute approximate surface area is 230 Å². The van der Waals surface area contributed by atoms with E-state index in [1.807, 2.05) is 0 Å². The van der Waals surface area contributed by atoms with Gasteiger partial charge in [-0.1, -0.05) is 55.4 Å². The molecule has 0 fully saturated rings. The summed E-state index contributed by atoms with van der Waals surface area (Å²) in [6, 6.07) is 10.1. The van der Waals surface area contributed by atoms with Crippen LogP contribution < -0.4 is 9.47 Å². The molecule has 0 saturated carbocycles. The summed E-state index contributed by atoms with van der Waals surface area (Å²) in [6.45, 7) is 8.50. The molecule has 0 amide bonds. The lowest BCUT2D eigenvalue weighted by Gasteiger charge is -2.06. The maximum atomic E-state index is 11.9. The van der Waals surface area contributed by atoms with E-state index >= 15 is 0 Å². The SMILES string of the molecule is C.C.CCC.CCC.COC(=O)C(=O)c1ccc(OC(=O)CC(=O)Oc2ccc(C(=O)C(=O)OC)cc2)cc1. The number of Topliss-reactive ketones (excluding diaryl/α,β-unsaturated/α-hetero) is 2. The Morgan fingerprint density at radius 2 is 0.795 bits per heavy atom. The first kappa shape index (κ1) is 39.2. The first-order chi connectivity index (χ1) is 17.6. The van der Waals surface area contributed by atoms with E-state index in [-0.39, 0.29) is 37.5 Å². The molecule has 0 aliphatic rings. The van der Waals surface area contributed by atoms with Gasteiger partial charge in [0.1, 0.15) is 17.9 Å². The molecule has 2 aromatic rings. The normalized spacial score (nSPS) is 8.77. The van der Waals surface area contributed by atoms with Crippen molar-refractivity contribution in [1.29, 1.82) is 0 Å². The van der Waals surface area contributed by atoms with Gasteiger partial charge in [0.2, 0.25) is 0 Å². The van der Waals surface area contributed by atoms with Gasteiger partial charge in [-0.3, -0.25) is 19.2 Å². The molecular formula is C29H40O10. The molecule has 10 nitrogen and oxygen atoms in total. The minimum absolute atomic E-state index is 0. The molecule has 0 aliphatic carbocycles. The second-order valence-corrected chi connectivity index (χ2v) is 7.23. The highest BCUT2D eigenvalue weighted by Crippen LogP contribution is 2.16. The zero-order valence-corrected chi connectivity index (χ0v) is 21.8. The molecule has 0 unspecified atom stereocenters. The number of methoxy groups -OCH3 is 2. The maximum Gasteiger partial charge on any atom is 0.379 e. The molecule has 10 heteroatoms. The Balaban J connectivity index is -0.00000148. The molecule has 39 heavy (non-hydrogen) atoms. The van der Waals surface area contributed by atoms with Crippen LogP contribution in [-0.4, -0.2) is 49.7 Å². The molecule has 0 spiro atoms. The van der Waals surface area contributed by atoms with Crippen LogP contribution in [0.15, 0.2) is 48.5 Å². The number of hydrogen-bond donors (Lipinski definition) is 0. The molecule has 2 aromatic carbocycles. The van der Waals surface area contributed by atoms with Crippen LogP contribution in [0.1, 0.15) is 82.5 Å². The van der Waals surface area contributed by atoms with Gasteiger partial charge in [0.05, 0.1) is 14.2 Å². The maximum absolute atomic E-state index is 11.9. The summed E-state index contributed by atoms with van der Waals surface area (Å²) in [7, 11) is 2.15. The van der Waals surface area contributed by atoms with Gasteiger partial charge in [0.25, 0.3) is 11.6 Å². The van der Waals surface area contributed by atoms with Gasteiger partial charge < -0.3 is 18.9 Å². The fourth-order valence-electron chi connectivity index (χ4n) is 2.22. The van der Waals surface area contributed by atoms with Crippen LogP contribution in [0.2, 0.25) is 0 Å². The van der Waals surface area contributed by atoms with Crippen molar-refractivity contribution in [2.24, 2.45) is 0 Å². The van der Waals surface area contributed by atoms with Crippen molar-refractivity contribution < 1.29 is 47.7 Å². The second-order valence-electron chi connectivity index (χ2n) is 7.23. The molecular weight excluding hydrogens is 508 g/mol. The number of esters is 4. The van der Waals surface area contributed by atoms with Crippen LogP contribution in [0.3, 0.4) is 0 Å². The van der Waals surface area contributed by atoms with Crippen molar-refractivity contribution in [2.75, 3.05) is 14.2 Å². The average Bonchev–Trinajstić information content (AvgIpc) is 2.88. The first-order valence-corrected chi connectivity index (χ1v) is 11.4. The first-order valence-electron chi connectivity index (χ1n) is 11.4. The van der Waals surface area contributed by atoms with E-state index < -0.39 is 41.9 Å². The zero-order valence-electron chi connectivity index (χ0n) is 21.8. The lowest BCUT2D eigenvalue weighted by atomic mass is 10.1. The molecule has 216 valence electrons. The lowest BCUT2D eigenvalue weighted by molar-refractivity contribution is -0.144. The Kier molecular flexibility index (Phi) is 21.8. The molecule has 0 radical (unpaired) electrons. The summed E-state index contributed by atoms with van der Waals surface area (Å²) < 4.78 is 18.6. The van der Waals surface area contributed by atoms with Crippen molar-refractivity contribution in [3.63, 3.8) is 0 Å². The average molecular weight is 549 g/mol. The van der Waals surface area contributed by atoms with Crippen LogP contribution in [-0.2, 0) is 28.7 Å². The highest BCUT2D eigenvalue weighted by molar-refractivity contribution is 6.41. The summed E-state index contributed by atoms with van der Waals surface area (Å²) in [5, 5.41) is 0. The highest BCUT2D eigenvalue weighted by atomic mass is 16.6. The number of benzene rings is 2. The van der Waals surface area contributed by atoms with Gasteiger partial charge in [-0.05, 0) is 48.5 Å². The molecule has 0 aliphatic heterocycles. The topological polar surface area (TPSA) is 139 Å². The van der Waals surface area contributed by atoms with Crippen molar-refractivity contribution >= 4 is 35.4 Å². The fraction of sp³-hybridized carbons (Fsp3) is 0.379. The van der Waals surface area contributed by atoms with Gasteiger partial charge in [0.15, 0.2) is 0 Å². The van der Waals surface area contributed by atoms with Gasteiger partial charge in [-0.2, -0.15) is 0 Å². The molecule has 0 saturated heterocycles. The van der Waals surface area contributed by atoms with E-state index in [1.165, 1.54) is 61.4 Å². The van der Waals surface area contributed by atoms with Crippen LogP contribution in [0.5, 0.6) is 11.5 Å².